The second kappa shape index (κ2) is 3.91. The van der Waals surface area contributed by atoms with Crippen LogP contribution in [0.2, 0.25) is 0 Å². The maximum absolute atomic E-state index is 5.82. The predicted molar refractivity (Wildman–Crippen MR) is 63.8 cm³/mol. The number of nitrogens with zero attached hydrogens (tertiary/aromatic N) is 1. The Balaban J connectivity index is 1.72. The van der Waals surface area contributed by atoms with E-state index in [-0.39, 0.29) is 6.10 Å². The van der Waals surface area contributed by atoms with Gasteiger partial charge in [-0.3, -0.25) is 0 Å². The number of ether oxygens (including phenoxy) is 1. The van der Waals surface area contributed by atoms with Crippen LogP contribution in [0.5, 0.6) is 0 Å². The van der Waals surface area contributed by atoms with Gasteiger partial charge in [0.05, 0.1) is 0 Å². The molecule has 2 unspecified atom stereocenters. The number of aliphatic imine (C=N–C) groups is 1. The second-order valence-corrected chi connectivity index (χ2v) is 4.57. The quantitative estimate of drug-likeness (QED) is 0.808. The van der Waals surface area contributed by atoms with Crippen molar-refractivity contribution in [3.8, 4) is 0 Å². The summed E-state index contributed by atoms with van der Waals surface area (Å²) < 4.78 is 5.82. The number of nitrogens with one attached hydrogen (secondary N) is 1. The van der Waals surface area contributed by atoms with Crippen molar-refractivity contribution in [2.24, 2.45) is 4.99 Å². The van der Waals surface area contributed by atoms with E-state index in [2.05, 4.69) is 41.5 Å². The molecule has 1 fully saturated rings. The first-order valence-corrected chi connectivity index (χ1v) is 5.81. The van der Waals surface area contributed by atoms with Crippen molar-refractivity contribution in [2.45, 2.75) is 25.5 Å². The zero-order valence-electron chi connectivity index (χ0n) is 9.44. The van der Waals surface area contributed by atoms with Gasteiger partial charge >= 0.3 is 0 Å². The molecule has 0 aromatic heterocycles. The highest BCUT2D eigenvalue weighted by Gasteiger charge is 2.34. The summed E-state index contributed by atoms with van der Waals surface area (Å²) in [4.78, 5) is 4.61. The van der Waals surface area contributed by atoms with Crippen molar-refractivity contribution in [3.05, 3.63) is 35.4 Å². The fraction of sp³-hybridized carbons (Fsp3) is 0.462. The Morgan fingerprint density at radius 2 is 2.38 bits per heavy atom. The minimum atomic E-state index is 0.278. The van der Waals surface area contributed by atoms with E-state index >= 15 is 0 Å². The van der Waals surface area contributed by atoms with E-state index < -0.39 is 0 Å². The minimum absolute atomic E-state index is 0.278. The Morgan fingerprint density at radius 1 is 1.44 bits per heavy atom. The van der Waals surface area contributed by atoms with Crippen LogP contribution in [0.15, 0.2) is 29.3 Å². The summed E-state index contributed by atoms with van der Waals surface area (Å²) in [5, 5.41) is 3.29. The van der Waals surface area contributed by atoms with Crippen molar-refractivity contribution < 1.29 is 4.74 Å². The van der Waals surface area contributed by atoms with Crippen molar-refractivity contribution in [1.82, 2.24) is 5.32 Å². The molecule has 1 aromatic carbocycles. The molecule has 3 nitrogen and oxygen atoms in total. The van der Waals surface area contributed by atoms with Crippen LogP contribution in [0.3, 0.4) is 0 Å². The summed E-state index contributed by atoms with van der Waals surface area (Å²) in [5.41, 5.74) is 2.57. The summed E-state index contributed by atoms with van der Waals surface area (Å²) >= 11 is 0. The van der Waals surface area contributed by atoms with Crippen molar-refractivity contribution in [1.29, 1.82) is 0 Å². The standard InChI is InChI=1S/C13H16N2O/c1-9-3-2-4-10(5-9)6-13-15-11-7-14-8-12(11)16-13/h2-5,11-12,14H,6-8H2,1H3. The van der Waals surface area contributed by atoms with E-state index in [1.54, 1.807) is 0 Å². The molecule has 1 aromatic rings. The maximum atomic E-state index is 5.82. The van der Waals surface area contributed by atoms with Gasteiger partial charge in [-0.25, -0.2) is 4.99 Å². The van der Waals surface area contributed by atoms with Gasteiger partial charge in [0.25, 0.3) is 0 Å². The molecule has 0 amide bonds. The third kappa shape index (κ3) is 1.83. The highest BCUT2D eigenvalue weighted by atomic mass is 16.5. The van der Waals surface area contributed by atoms with Gasteiger partial charge in [-0.1, -0.05) is 29.8 Å². The molecule has 2 atom stereocenters. The van der Waals surface area contributed by atoms with Crippen LogP contribution in [0.1, 0.15) is 11.1 Å². The molecule has 16 heavy (non-hydrogen) atoms. The molecule has 0 spiro atoms. The summed E-state index contributed by atoms with van der Waals surface area (Å²) in [5.74, 6) is 0.905. The lowest BCUT2D eigenvalue weighted by atomic mass is 10.1. The topological polar surface area (TPSA) is 33.6 Å². The molecular formula is C13H16N2O. The second-order valence-electron chi connectivity index (χ2n) is 4.57. The van der Waals surface area contributed by atoms with Gasteiger partial charge in [0.2, 0.25) is 0 Å². The Morgan fingerprint density at radius 3 is 3.19 bits per heavy atom. The van der Waals surface area contributed by atoms with E-state index in [0.29, 0.717) is 6.04 Å². The lowest BCUT2D eigenvalue weighted by molar-refractivity contribution is 0.220. The first-order chi connectivity index (χ1) is 7.81. The SMILES string of the molecule is Cc1cccc(CC2=NC3CNCC3O2)c1. The molecular weight excluding hydrogens is 200 g/mol. The van der Waals surface area contributed by atoms with E-state index in [9.17, 15) is 0 Å². The van der Waals surface area contributed by atoms with E-state index in [4.69, 9.17) is 4.74 Å². The van der Waals surface area contributed by atoms with E-state index in [0.717, 1.165) is 25.4 Å². The molecule has 1 N–H and O–H groups in total. The first kappa shape index (κ1) is 9.85. The average molecular weight is 216 g/mol. The largest absolute Gasteiger partial charge is 0.474 e. The number of benzene rings is 1. The van der Waals surface area contributed by atoms with Gasteiger partial charge in [0, 0.05) is 19.5 Å². The fourth-order valence-corrected chi connectivity index (χ4v) is 2.36. The molecule has 0 aliphatic carbocycles. The lowest BCUT2D eigenvalue weighted by Crippen LogP contribution is -2.20. The third-order valence-corrected chi connectivity index (χ3v) is 3.16. The van der Waals surface area contributed by atoms with Crippen LogP contribution in [0.25, 0.3) is 0 Å². The van der Waals surface area contributed by atoms with Crippen LogP contribution in [0.4, 0.5) is 0 Å². The first-order valence-electron chi connectivity index (χ1n) is 5.81. The van der Waals surface area contributed by atoms with Crippen molar-refractivity contribution >= 4 is 5.90 Å². The molecule has 1 saturated heterocycles. The summed E-state index contributed by atoms with van der Waals surface area (Å²) in [7, 11) is 0. The zero-order valence-corrected chi connectivity index (χ0v) is 9.44. The van der Waals surface area contributed by atoms with Gasteiger partial charge < -0.3 is 10.1 Å². The van der Waals surface area contributed by atoms with E-state index in [1.165, 1.54) is 11.1 Å². The summed E-state index contributed by atoms with van der Waals surface area (Å²) in [6.07, 6.45) is 1.11. The minimum Gasteiger partial charge on any atom is -0.474 e. The molecule has 0 saturated carbocycles. The Kier molecular flexibility index (Phi) is 2.40. The smallest absolute Gasteiger partial charge is 0.188 e. The zero-order chi connectivity index (χ0) is 11.0. The average Bonchev–Trinajstić information content (AvgIpc) is 2.77. The molecule has 3 rings (SSSR count). The van der Waals surface area contributed by atoms with Crippen LogP contribution in [-0.4, -0.2) is 31.1 Å². The van der Waals surface area contributed by atoms with Gasteiger partial charge in [0.1, 0.15) is 12.1 Å². The maximum Gasteiger partial charge on any atom is 0.188 e. The number of hydrogen-bond acceptors (Lipinski definition) is 3. The number of rotatable bonds is 2. The van der Waals surface area contributed by atoms with Crippen LogP contribution in [-0.2, 0) is 11.2 Å². The number of aryl methyl sites for hydroxylation is 1. The van der Waals surface area contributed by atoms with Crippen LogP contribution < -0.4 is 5.32 Å². The number of hydrogen-bond donors (Lipinski definition) is 1. The Hall–Kier alpha value is -1.35. The molecule has 2 aliphatic heterocycles. The van der Waals surface area contributed by atoms with Gasteiger partial charge in [-0.15, -0.1) is 0 Å². The van der Waals surface area contributed by atoms with Crippen LogP contribution >= 0.6 is 0 Å². The summed E-state index contributed by atoms with van der Waals surface area (Å²) in [6.45, 7) is 4.01. The molecule has 0 bridgehead atoms. The van der Waals surface area contributed by atoms with Gasteiger partial charge in [-0.05, 0) is 12.5 Å². The van der Waals surface area contributed by atoms with Gasteiger partial charge in [0.15, 0.2) is 5.90 Å². The lowest BCUT2D eigenvalue weighted by Gasteiger charge is -2.08. The molecule has 3 heteroatoms. The van der Waals surface area contributed by atoms with Gasteiger partial charge in [-0.2, -0.15) is 0 Å². The van der Waals surface area contributed by atoms with Crippen molar-refractivity contribution in [2.75, 3.05) is 13.1 Å². The third-order valence-electron chi connectivity index (χ3n) is 3.16. The van der Waals surface area contributed by atoms with Crippen LogP contribution in [0, 0.1) is 6.92 Å². The predicted octanol–water partition coefficient (Wildman–Crippen LogP) is 1.31. The molecule has 84 valence electrons. The number of fused-ring (bicyclic) bond motifs is 1. The Bertz CT molecular complexity index is 428. The molecule has 2 heterocycles. The Labute approximate surface area is 95.5 Å². The normalized spacial score (nSPS) is 27.4. The molecule has 2 aliphatic rings. The fourth-order valence-electron chi connectivity index (χ4n) is 2.36. The van der Waals surface area contributed by atoms with E-state index in [1.807, 2.05) is 0 Å². The van der Waals surface area contributed by atoms with Crippen molar-refractivity contribution in [3.63, 3.8) is 0 Å². The molecule has 0 radical (unpaired) electrons. The monoisotopic (exact) mass is 216 g/mol. The highest BCUT2D eigenvalue weighted by molar-refractivity contribution is 5.80. The highest BCUT2D eigenvalue weighted by Crippen LogP contribution is 2.19. The summed E-state index contributed by atoms with van der Waals surface area (Å²) in [6, 6.07) is 8.87.